The van der Waals surface area contributed by atoms with Gasteiger partial charge in [-0.1, -0.05) is 35.3 Å². The van der Waals surface area contributed by atoms with E-state index in [4.69, 9.17) is 27.9 Å². The monoisotopic (exact) mass is 380 g/mol. The van der Waals surface area contributed by atoms with Crippen molar-refractivity contribution in [1.82, 2.24) is 14.9 Å². The molecule has 1 aromatic heterocycles. The number of aromatic nitrogens is 2. The van der Waals surface area contributed by atoms with Gasteiger partial charge in [-0.2, -0.15) is 0 Å². The number of carbonyl (C=O) groups is 1. The van der Waals surface area contributed by atoms with E-state index in [2.05, 4.69) is 9.97 Å². The summed E-state index contributed by atoms with van der Waals surface area (Å²) in [5.74, 6) is 0.344. The number of morpholine rings is 1. The molecule has 0 radical (unpaired) electrons. The highest BCUT2D eigenvalue weighted by atomic mass is 35.5. The first-order valence-electron chi connectivity index (χ1n) is 7.90. The molecule has 0 atom stereocenters. The minimum Gasteiger partial charge on any atom is -0.378 e. The maximum absolute atomic E-state index is 12.7. The van der Waals surface area contributed by atoms with Gasteiger partial charge in [0.25, 0.3) is 5.91 Å². The van der Waals surface area contributed by atoms with E-state index in [1.54, 1.807) is 30.3 Å². The quantitative estimate of drug-likeness (QED) is 0.815. The summed E-state index contributed by atoms with van der Waals surface area (Å²) in [4.78, 5) is 24.9. The molecule has 25 heavy (non-hydrogen) atoms. The molecule has 1 saturated heterocycles. The van der Waals surface area contributed by atoms with Crippen molar-refractivity contribution in [2.24, 2.45) is 0 Å². The Morgan fingerprint density at radius 1 is 1.28 bits per heavy atom. The first-order valence-corrected chi connectivity index (χ1v) is 8.66. The van der Waals surface area contributed by atoms with Gasteiger partial charge in [-0.3, -0.25) is 4.79 Å². The molecule has 1 fully saturated rings. The highest BCUT2D eigenvalue weighted by Crippen LogP contribution is 2.26. The Labute approximate surface area is 156 Å². The van der Waals surface area contributed by atoms with Crippen LogP contribution in [0.5, 0.6) is 0 Å². The normalized spacial score (nSPS) is 14.4. The van der Waals surface area contributed by atoms with Gasteiger partial charge < -0.3 is 14.5 Å². The summed E-state index contributed by atoms with van der Waals surface area (Å²) in [5, 5.41) is 0.928. The SMILES string of the molecule is CN(Cc1cccc(Cl)c1Cl)C(=O)c1ccnc(N2CCOCC2)n1. The second-order valence-corrected chi connectivity index (χ2v) is 6.50. The first-order chi connectivity index (χ1) is 12.1. The number of hydrogen-bond donors (Lipinski definition) is 0. The van der Waals surface area contributed by atoms with Gasteiger partial charge in [0.15, 0.2) is 0 Å². The summed E-state index contributed by atoms with van der Waals surface area (Å²) >= 11 is 12.2. The van der Waals surface area contributed by atoms with E-state index in [0.29, 0.717) is 54.5 Å². The van der Waals surface area contributed by atoms with Crippen molar-refractivity contribution in [3.63, 3.8) is 0 Å². The van der Waals surface area contributed by atoms with Gasteiger partial charge in [0.1, 0.15) is 5.69 Å². The number of carbonyl (C=O) groups excluding carboxylic acids is 1. The maximum atomic E-state index is 12.7. The van der Waals surface area contributed by atoms with Crippen molar-refractivity contribution in [1.29, 1.82) is 0 Å². The predicted molar refractivity (Wildman–Crippen MR) is 97.3 cm³/mol. The van der Waals surface area contributed by atoms with Crippen LogP contribution in [0.25, 0.3) is 0 Å². The number of hydrogen-bond acceptors (Lipinski definition) is 5. The molecule has 1 aliphatic heterocycles. The van der Waals surface area contributed by atoms with E-state index < -0.39 is 0 Å². The fraction of sp³-hybridized carbons (Fsp3) is 0.353. The minimum atomic E-state index is -0.201. The lowest BCUT2D eigenvalue weighted by molar-refractivity contribution is 0.0779. The molecule has 0 spiro atoms. The van der Waals surface area contributed by atoms with Crippen LogP contribution in [0.1, 0.15) is 16.1 Å². The average molecular weight is 381 g/mol. The molecule has 1 aromatic carbocycles. The zero-order valence-electron chi connectivity index (χ0n) is 13.8. The molecule has 0 saturated carbocycles. The number of amides is 1. The zero-order valence-corrected chi connectivity index (χ0v) is 15.3. The van der Waals surface area contributed by atoms with Gasteiger partial charge in [-0.05, 0) is 17.7 Å². The van der Waals surface area contributed by atoms with Crippen molar-refractivity contribution >= 4 is 35.1 Å². The van der Waals surface area contributed by atoms with E-state index >= 15 is 0 Å². The van der Waals surface area contributed by atoms with E-state index in [0.717, 1.165) is 5.56 Å². The summed E-state index contributed by atoms with van der Waals surface area (Å²) in [6.45, 7) is 3.04. The largest absolute Gasteiger partial charge is 0.378 e. The Hall–Kier alpha value is -1.89. The van der Waals surface area contributed by atoms with Crippen LogP contribution in [0.4, 0.5) is 5.95 Å². The van der Waals surface area contributed by atoms with Crippen LogP contribution in [0, 0.1) is 0 Å². The van der Waals surface area contributed by atoms with E-state index in [-0.39, 0.29) is 5.91 Å². The smallest absolute Gasteiger partial charge is 0.272 e. The van der Waals surface area contributed by atoms with Gasteiger partial charge in [0.2, 0.25) is 5.95 Å². The molecule has 0 aliphatic carbocycles. The molecule has 8 heteroatoms. The van der Waals surface area contributed by atoms with Gasteiger partial charge in [0, 0.05) is 32.9 Å². The fourth-order valence-electron chi connectivity index (χ4n) is 2.58. The number of anilines is 1. The Balaban J connectivity index is 1.74. The second kappa shape index (κ2) is 7.99. The predicted octanol–water partition coefficient (Wildman–Crippen LogP) is 2.89. The van der Waals surface area contributed by atoms with E-state index in [1.807, 2.05) is 17.0 Å². The Morgan fingerprint density at radius 2 is 2.04 bits per heavy atom. The summed E-state index contributed by atoms with van der Waals surface area (Å²) < 4.78 is 5.33. The number of halogens is 2. The topological polar surface area (TPSA) is 58.6 Å². The van der Waals surface area contributed by atoms with Crippen LogP contribution in [0.2, 0.25) is 10.0 Å². The highest BCUT2D eigenvalue weighted by molar-refractivity contribution is 6.42. The molecule has 0 N–H and O–H groups in total. The number of ether oxygens (including phenoxy) is 1. The van der Waals surface area contributed by atoms with Crippen LogP contribution >= 0.6 is 23.2 Å². The summed E-state index contributed by atoms with van der Waals surface area (Å²) in [7, 11) is 1.70. The zero-order chi connectivity index (χ0) is 17.8. The molecule has 1 amide bonds. The third-order valence-electron chi connectivity index (χ3n) is 3.94. The average Bonchev–Trinajstić information content (AvgIpc) is 2.65. The summed E-state index contributed by atoms with van der Waals surface area (Å²) in [6, 6.07) is 6.98. The van der Waals surface area contributed by atoms with Crippen molar-refractivity contribution in [2.45, 2.75) is 6.54 Å². The molecule has 3 rings (SSSR count). The van der Waals surface area contributed by atoms with Gasteiger partial charge >= 0.3 is 0 Å². The van der Waals surface area contributed by atoms with E-state index in [1.165, 1.54) is 0 Å². The number of benzene rings is 1. The standard InChI is InChI=1S/C17H18Cl2N4O2/c1-22(11-12-3-2-4-13(18)15(12)19)16(24)14-5-6-20-17(21-14)23-7-9-25-10-8-23/h2-6H,7-11H2,1H3. The Kier molecular flexibility index (Phi) is 5.73. The maximum Gasteiger partial charge on any atom is 0.272 e. The van der Waals surface area contributed by atoms with Gasteiger partial charge in [-0.25, -0.2) is 9.97 Å². The van der Waals surface area contributed by atoms with Crippen molar-refractivity contribution in [3.8, 4) is 0 Å². The Morgan fingerprint density at radius 3 is 2.80 bits per heavy atom. The molecule has 2 aromatic rings. The van der Waals surface area contributed by atoms with Gasteiger partial charge in [0.05, 0.1) is 23.3 Å². The Bertz CT molecular complexity index is 766. The molecule has 132 valence electrons. The van der Waals surface area contributed by atoms with Crippen molar-refractivity contribution < 1.29 is 9.53 Å². The van der Waals surface area contributed by atoms with Crippen LogP contribution in [-0.2, 0) is 11.3 Å². The lowest BCUT2D eigenvalue weighted by Gasteiger charge is -2.27. The van der Waals surface area contributed by atoms with Crippen LogP contribution in [0.3, 0.4) is 0 Å². The van der Waals surface area contributed by atoms with Crippen LogP contribution in [0.15, 0.2) is 30.5 Å². The highest BCUT2D eigenvalue weighted by Gasteiger charge is 2.19. The van der Waals surface area contributed by atoms with Crippen molar-refractivity contribution in [2.75, 3.05) is 38.3 Å². The summed E-state index contributed by atoms with van der Waals surface area (Å²) in [6.07, 6.45) is 1.60. The number of nitrogens with zero attached hydrogens (tertiary/aromatic N) is 4. The molecular weight excluding hydrogens is 363 g/mol. The lowest BCUT2D eigenvalue weighted by atomic mass is 10.2. The molecule has 2 heterocycles. The van der Waals surface area contributed by atoms with Crippen LogP contribution in [-0.4, -0.2) is 54.1 Å². The van der Waals surface area contributed by atoms with Crippen molar-refractivity contribution in [3.05, 3.63) is 51.8 Å². The lowest BCUT2D eigenvalue weighted by Crippen LogP contribution is -2.37. The third-order valence-corrected chi connectivity index (χ3v) is 4.80. The number of rotatable bonds is 4. The third kappa shape index (κ3) is 4.21. The molecule has 0 unspecified atom stereocenters. The fourth-order valence-corrected chi connectivity index (χ4v) is 2.96. The molecular formula is C17H18Cl2N4O2. The first kappa shape index (κ1) is 17.9. The second-order valence-electron chi connectivity index (χ2n) is 5.72. The summed E-state index contributed by atoms with van der Waals surface area (Å²) in [5.41, 5.74) is 1.13. The van der Waals surface area contributed by atoms with E-state index in [9.17, 15) is 4.79 Å². The van der Waals surface area contributed by atoms with Crippen LogP contribution < -0.4 is 4.90 Å². The molecule has 6 nitrogen and oxygen atoms in total. The molecule has 0 bridgehead atoms. The molecule has 1 aliphatic rings. The minimum absolute atomic E-state index is 0.201. The van der Waals surface area contributed by atoms with Gasteiger partial charge in [-0.15, -0.1) is 0 Å².